The maximum absolute atomic E-state index is 12.6. The number of nitro groups is 1. The summed E-state index contributed by atoms with van der Waals surface area (Å²) in [6.07, 6.45) is 5.66. The van der Waals surface area contributed by atoms with Gasteiger partial charge in [0.05, 0.1) is 21.9 Å². The minimum Gasteiger partial charge on any atom is -0.349 e. The van der Waals surface area contributed by atoms with E-state index >= 15 is 0 Å². The lowest BCUT2D eigenvalue weighted by molar-refractivity contribution is -0.973. The number of hydrogen-bond acceptors (Lipinski definition) is 4. The van der Waals surface area contributed by atoms with E-state index in [-0.39, 0.29) is 17.6 Å². The van der Waals surface area contributed by atoms with Gasteiger partial charge in [-0.3, -0.25) is 14.9 Å². The fourth-order valence-corrected chi connectivity index (χ4v) is 5.43. The highest BCUT2D eigenvalue weighted by molar-refractivity contribution is 7.09. The first-order chi connectivity index (χ1) is 13.1. The molecule has 7 heteroatoms. The summed E-state index contributed by atoms with van der Waals surface area (Å²) < 4.78 is 0. The molecule has 2 saturated heterocycles. The maximum atomic E-state index is 12.6. The van der Waals surface area contributed by atoms with Crippen molar-refractivity contribution in [2.24, 2.45) is 0 Å². The molecule has 2 unspecified atom stereocenters. The fraction of sp³-hybridized carbons (Fsp3) is 0.450. The molecule has 2 N–H and O–H groups in total. The standard InChI is InChI=1S/C20H23N3O3S/c24-20(14-4-1-7-18(10-14)23(25)26)21-15-11-16-5-2-6-17(12-15)22(16)13-19-8-3-9-27-19/h1,3-4,7-10,15-17H,2,5-6,11-13H2,(H,21,24)/p+1/t15?,16-,17+. The second-order valence-corrected chi connectivity index (χ2v) is 8.64. The highest BCUT2D eigenvalue weighted by Crippen LogP contribution is 2.24. The average molecular weight is 386 g/mol. The number of nitrogens with one attached hydrogen (secondary N) is 2. The van der Waals surface area contributed by atoms with Crippen LogP contribution < -0.4 is 10.2 Å². The van der Waals surface area contributed by atoms with Crippen LogP contribution in [0.15, 0.2) is 41.8 Å². The average Bonchev–Trinajstić information content (AvgIpc) is 3.15. The lowest BCUT2D eigenvalue weighted by Crippen LogP contribution is -3.20. The number of hydrogen-bond donors (Lipinski definition) is 2. The van der Waals surface area contributed by atoms with Crippen molar-refractivity contribution in [3.05, 3.63) is 62.3 Å². The van der Waals surface area contributed by atoms with Gasteiger partial charge >= 0.3 is 0 Å². The maximum Gasteiger partial charge on any atom is 0.270 e. The number of carbonyl (C=O) groups is 1. The number of nitro benzene ring substituents is 1. The van der Waals surface area contributed by atoms with Crippen molar-refractivity contribution in [1.82, 2.24) is 5.32 Å². The van der Waals surface area contributed by atoms with Gasteiger partial charge in [0, 0.05) is 36.6 Å². The Morgan fingerprint density at radius 3 is 2.67 bits per heavy atom. The summed E-state index contributed by atoms with van der Waals surface area (Å²) in [5.41, 5.74) is 0.317. The molecule has 1 aromatic carbocycles. The molecule has 2 aliphatic heterocycles. The number of rotatable bonds is 5. The predicted octanol–water partition coefficient (Wildman–Crippen LogP) is 2.55. The van der Waals surface area contributed by atoms with E-state index in [1.165, 1.54) is 36.3 Å². The Hall–Kier alpha value is -2.25. The Morgan fingerprint density at radius 2 is 2.00 bits per heavy atom. The fourth-order valence-electron chi connectivity index (χ4n) is 4.69. The molecule has 4 atom stereocenters. The molecular weight excluding hydrogens is 362 g/mol. The third-order valence-corrected chi connectivity index (χ3v) is 6.78. The zero-order valence-corrected chi connectivity index (χ0v) is 15.9. The summed E-state index contributed by atoms with van der Waals surface area (Å²) in [6.45, 7) is 1.08. The zero-order chi connectivity index (χ0) is 18.8. The predicted molar refractivity (Wildman–Crippen MR) is 104 cm³/mol. The Balaban J connectivity index is 1.42. The van der Waals surface area contributed by atoms with Gasteiger partial charge in [-0.25, -0.2) is 0 Å². The third-order valence-electron chi connectivity index (χ3n) is 5.90. The number of amides is 1. The first kappa shape index (κ1) is 18.1. The molecule has 2 bridgehead atoms. The summed E-state index contributed by atoms with van der Waals surface area (Å²) in [6, 6.07) is 11.6. The van der Waals surface area contributed by atoms with Gasteiger partial charge in [0.2, 0.25) is 0 Å². The Labute approximate surface area is 162 Å². The van der Waals surface area contributed by atoms with E-state index < -0.39 is 4.92 Å². The van der Waals surface area contributed by atoms with E-state index in [1.54, 1.807) is 17.0 Å². The van der Waals surface area contributed by atoms with Crippen molar-refractivity contribution in [3.63, 3.8) is 0 Å². The van der Waals surface area contributed by atoms with Gasteiger partial charge in [0.15, 0.2) is 0 Å². The summed E-state index contributed by atoms with van der Waals surface area (Å²) in [5.74, 6) is -0.205. The highest BCUT2D eigenvalue weighted by atomic mass is 32.1. The minimum atomic E-state index is -0.465. The van der Waals surface area contributed by atoms with Gasteiger partial charge in [0.1, 0.15) is 6.54 Å². The van der Waals surface area contributed by atoms with Gasteiger partial charge in [-0.2, -0.15) is 0 Å². The Bertz CT molecular complexity index is 810. The SMILES string of the molecule is O=C(NC1C[C@H]2CCC[C@@H](C1)[NH+]2Cc1cccs1)c1cccc([N+](=O)[O-])c1. The van der Waals surface area contributed by atoms with Gasteiger partial charge in [-0.15, -0.1) is 11.3 Å². The molecule has 3 heterocycles. The number of nitrogens with zero attached hydrogens (tertiary/aromatic N) is 1. The van der Waals surface area contributed by atoms with E-state index in [9.17, 15) is 14.9 Å². The largest absolute Gasteiger partial charge is 0.349 e. The molecular formula is C20H24N3O3S+. The van der Waals surface area contributed by atoms with Gasteiger partial charge < -0.3 is 10.2 Å². The van der Waals surface area contributed by atoms with Crippen LogP contribution in [0.5, 0.6) is 0 Å². The van der Waals surface area contributed by atoms with Crippen LogP contribution >= 0.6 is 11.3 Å². The molecule has 27 heavy (non-hydrogen) atoms. The lowest BCUT2D eigenvalue weighted by atomic mass is 9.81. The van der Waals surface area contributed by atoms with Crippen LogP contribution in [0.4, 0.5) is 5.69 Å². The van der Waals surface area contributed by atoms with Crippen LogP contribution in [0.2, 0.25) is 0 Å². The number of quaternary nitrogens is 1. The summed E-state index contributed by atoms with van der Waals surface area (Å²) in [4.78, 5) is 26.2. The number of non-ortho nitro benzene ring substituents is 1. The molecule has 0 aliphatic carbocycles. The normalized spacial score (nSPS) is 27.1. The van der Waals surface area contributed by atoms with Crippen LogP contribution in [0.3, 0.4) is 0 Å². The highest BCUT2D eigenvalue weighted by Gasteiger charge is 2.42. The van der Waals surface area contributed by atoms with Gasteiger partial charge in [-0.1, -0.05) is 12.1 Å². The zero-order valence-electron chi connectivity index (χ0n) is 15.1. The molecule has 2 aromatic rings. The Morgan fingerprint density at radius 1 is 1.22 bits per heavy atom. The van der Waals surface area contributed by atoms with Crippen LogP contribution in [0.1, 0.15) is 47.3 Å². The molecule has 0 spiro atoms. The molecule has 6 nitrogen and oxygen atoms in total. The monoisotopic (exact) mass is 386 g/mol. The van der Waals surface area contributed by atoms with Crippen LogP contribution in [-0.4, -0.2) is 29.0 Å². The van der Waals surface area contributed by atoms with E-state index in [1.807, 2.05) is 11.3 Å². The minimum absolute atomic E-state index is 0.0465. The number of piperidine rings is 2. The first-order valence-electron chi connectivity index (χ1n) is 9.53. The summed E-state index contributed by atoms with van der Waals surface area (Å²) in [5, 5.41) is 16.2. The second-order valence-electron chi connectivity index (χ2n) is 7.61. The molecule has 1 aromatic heterocycles. The van der Waals surface area contributed by atoms with E-state index in [2.05, 4.69) is 22.8 Å². The Kier molecular flexibility index (Phi) is 5.22. The van der Waals surface area contributed by atoms with Crippen molar-refractivity contribution in [2.75, 3.05) is 0 Å². The third kappa shape index (κ3) is 4.04. The van der Waals surface area contributed by atoms with Crippen molar-refractivity contribution < 1.29 is 14.6 Å². The molecule has 2 fully saturated rings. The summed E-state index contributed by atoms with van der Waals surface area (Å²) >= 11 is 1.82. The van der Waals surface area contributed by atoms with E-state index in [0.29, 0.717) is 17.6 Å². The first-order valence-corrected chi connectivity index (χ1v) is 10.4. The molecule has 1 amide bonds. The van der Waals surface area contributed by atoms with Crippen molar-refractivity contribution in [3.8, 4) is 0 Å². The molecule has 4 rings (SSSR count). The van der Waals surface area contributed by atoms with Crippen molar-refractivity contribution in [2.45, 2.75) is 56.8 Å². The van der Waals surface area contributed by atoms with E-state index in [4.69, 9.17) is 0 Å². The number of thiophene rings is 1. The second kappa shape index (κ2) is 7.78. The number of carbonyl (C=O) groups excluding carboxylic acids is 1. The molecule has 0 saturated carbocycles. The lowest BCUT2D eigenvalue weighted by Gasteiger charge is -2.45. The topological polar surface area (TPSA) is 76.7 Å². The van der Waals surface area contributed by atoms with Crippen LogP contribution in [0, 0.1) is 10.1 Å². The van der Waals surface area contributed by atoms with Crippen molar-refractivity contribution in [1.29, 1.82) is 0 Å². The van der Waals surface area contributed by atoms with Crippen molar-refractivity contribution >= 4 is 22.9 Å². The molecule has 2 aliphatic rings. The van der Waals surface area contributed by atoms with Gasteiger partial charge in [0.25, 0.3) is 11.6 Å². The number of benzene rings is 1. The quantitative estimate of drug-likeness (QED) is 0.612. The van der Waals surface area contributed by atoms with E-state index in [0.717, 1.165) is 19.4 Å². The van der Waals surface area contributed by atoms with Crippen LogP contribution in [-0.2, 0) is 6.54 Å². The number of fused-ring (bicyclic) bond motifs is 2. The van der Waals surface area contributed by atoms with Crippen LogP contribution in [0.25, 0.3) is 0 Å². The molecule has 0 radical (unpaired) electrons. The van der Waals surface area contributed by atoms with Gasteiger partial charge in [-0.05, 0) is 36.8 Å². The molecule has 142 valence electrons. The summed E-state index contributed by atoms with van der Waals surface area (Å²) in [7, 11) is 0. The smallest absolute Gasteiger partial charge is 0.270 e.